The average Bonchev–Trinajstić information content (AvgIpc) is 2.90. The van der Waals surface area contributed by atoms with Gasteiger partial charge in [-0.05, 0) is 11.6 Å². The Morgan fingerprint density at radius 2 is 2.04 bits per heavy atom. The number of benzene rings is 1. The van der Waals surface area contributed by atoms with Crippen LogP contribution in [0.3, 0.4) is 0 Å². The molecule has 1 amide bonds. The van der Waals surface area contributed by atoms with E-state index in [0.717, 1.165) is 0 Å². The number of hydrogen-bond donors (Lipinski definition) is 3. The summed E-state index contributed by atoms with van der Waals surface area (Å²) in [6, 6.07) is 6.69. The summed E-state index contributed by atoms with van der Waals surface area (Å²) in [6.45, 7) is 1.63. The fourth-order valence-electron chi connectivity index (χ4n) is 2.90. The van der Waals surface area contributed by atoms with Crippen molar-refractivity contribution in [3.8, 4) is 0 Å². The molecule has 2 heterocycles. The van der Waals surface area contributed by atoms with Crippen molar-refractivity contribution in [2.24, 2.45) is 0 Å². The van der Waals surface area contributed by atoms with Gasteiger partial charge in [-0.2, -0.15) is 18.3 Å². The number of fused-ring (bicyclic) bond motifs is 1. The van der Waals surface area contributed by atoms with E-state index in [1.165, 1.54) is 0 Å². The topological polar surface area (TPSA) is 78.0 Å². The zero-order valence-corrected chi connectivity index (χ0v) is 13.2. The highest BCUT2D eigenvalue weighted by Crippen LogP contribution is 2.49. The molecule has 0 fully saturated rings. The molecule has 3 N–H and O–H groups in total. The first-order valence-corrected chi connectivity index (χ1v) is 7.45. The number of carbonyl (C=O) groups is 1. The monoisotopic (exact) mass is 359 g/mol. The fraction of sp³-hybridized carbons (Fsp3) is 0.333. The van der Waals surface area contributed by atoms with Gasteiger partial charge in [-0.1, -0.05) is 36.7 Å². The summed E-state index contributed by atoms with van der Waals surface area (Å²) in [7, 11) is 0. The molecule has 9 heteroatoms. The highest BCUT2D eigenvalue weighted by Gasteiger charge is 2.60. The maximum Gasteiger partial charge on any atom is 0.422 e. The summed E-state index contributed by atoms with van der Waals surface area (Å²) in [5.41, 5.74) is -3.22. The number of anilines is 1. The van der Waals surface area contributed by atoms with Gasteiger partial charge < -0.3 is 10.4 Å². The largest absolute Gasteiger partial charge is 0.422 e. The van der Waals surface area contributed by atoms with Crippen LogP contribution in [0.1, 0.15) is 36.1 Å². The van der Waals surface area contributed by atoms with Gasteiger partial charge in [0.15, 0.2) is 5.60 Å². The lowest BCUT2D eigenvalue weighted by Gasteiger charge is -2.34. The van der Waals surface area contributed by atoms with Crippen LogP contribution < -0.4 is 5.32 Å². The number of carbonyl (C=O) groups excluding carboxylic acids is 1. The molecule has 0 bridgehead atoms. The van der Waals surface area contributed by atoms with Gasteiger partial charge in [-0.25, -0.2) is 0 Å². The minimum absolute atomic E-state index is 0.0158. The highest BCUT2D eigenvalue weighted by atomic mass is 35.5. The predicted molar refractivity (Wildman–Crippen MR) is 80.8 cm³/mol. The third-order valence-corrected chi connectivity index (χ3v) is 4.48. The smallest absolute Gasteiger partial charge is 0.376 e. The minimum Gasteiger partial charge on any atom is -0.376 e. The first-order chi connectivity index (χ1) is 11.1. The molecule has 128 valence electrons. The lowest BCUT2D eigenvalue weighted by molar-refractivity contribution is -0.267. The Hall–Kier alpha value is -2.06. The molecule has 1 aliphatic heterocycles. The van der Waals surface area contributed by atoms with E-state index < -0.39 is 35.6 Å². The molecule has 0 radical (unpaired) electrons. The van der Waals surface area contributed by atoms with Crippen LogP contribution in [-0.2, 0) is 10.4 Å². The Morgan fingerprint density at radius 3 is 2.67 bits per heavy atom. The van der Waals surface area contributed by atoms with Crippen molar-refractivity contribution in [1.29, 1.82) is 0 Å². The molecule has 0 saturated heterocycles. The Bertz CT molecular complexity index is 806. The van der Waals surface area contributed by atoms with Crippen molar-refractivity contribution in [3.05, 3.63) is 46.1 Å². The van der Waals surface area contributed by atoms with Crippen molar-refractivity contribution in [2.75, 3.05) is 5.32 Å². The predicted octanol–water partition coefficient (Wildman–Crippen LogP) is 3.31. The fourth-order valence-corrected chi connectivity index (χ4v) is 3.20. The number of nitrogens with zero attached hydrogens (tertiary/aromatic N) is 1. The van der Waals surface area contributed by atoms with Crippen LogP contribution in [0.5, 0.6) is 0 Å². The van der Waals surface area contributed by atoms with E-state index in [2.05, 4.69) is 15.5 Å². The second-order valence-corrected chi connectivity index (χ2v) is 6.09. The molecule has 2 unspecified atom stereocenters. The summed E-state index contributed by atoms with van der Waals surface area (Å²) >= 11 is 6.11. The van der Waals surface area contributed by atoms with Crippen LogP contribution in [0.15, 0.2) is 24.3 Å². The Labute approximate surface area is 139 Å². The third-order valence-electron chi connectivity index (χ3n) is 4.14. The van der Waals surface area contributed by atoms with Gasteiger partial charge in [0.1, 0.15) is 5.82 Å². The number of amides is 1. The van der Waals surface area contributed by atoms with E-state index in [1.807, 2.05) is 0 Å². The first-order valence-electron chi connectivity index (χ1n) is 7.07. The molecule has 24 heavy (non-hydrogen) atoms. The van der Waals surface area contributed by atoms with Crippen molar-refractivity contribution in [1.82, 2.24) is 10.2 Å². The number of H-pyrrole nitrogens is 1. The van der Waals surface area contributed by atoms with E-state index in [9.17, 15) is 23.1 Å². The Balaban J connectivity index is 2.17. The van der Waals surface area contributed by atoms with Gasteiger partial charge >= 0.3 is 6.18 Å². The molecular weight excluding hydrogens is 347 g/mol. The highest BCUT2D eigenvalue weighted by molar-refractivity contribution is 6.31. The van der Waals surface area contributed by atoms with E-state index in [0.29, 0.717) is 10.6 Å². The van der Waals surface area contributed by atoms with Gasteiger partial charge in [-0.15, -0.1) is 0 Å². The normalized spacial score (nSPS) is 22.0. The summed E-state index contributed by atoms with van der Waals surface area (Å²) in [5.74, 6) is -1.81. The maximum atomic E-state index is 13.5. The van der Waals surface area contributed by atoms with Gasteiger partial charge in [0.2, 0.25) is 5.91 Å². The number of nitrogens with one attached hydrogen (secondary N) is 2. The number of hydrogen-bond acceptors (Lipinski definition) is 3. The molecule has 0 saturated carbocycles. The standard InChI is InChI=1S/C15H13ClF3N3O2/c1-7(8-4-2-3-5-9(8)16)12-11-13(22-21-12)20-10(23)6-14(11,24)15(17,18)19/h2-5,7,24H,6H2,1H3,(H2,20,21,22,23). The summed E-state index contributed by atoms with van der Waals surface area (Å²) in [4.78, 5) is 11.6. The number of alkyl halides is 3. The van der Waals surface area contributed by atoms with E-state index in [-0.39, 0.29) is 11.5 Å². The molecule has 1 aromatic heterocycles. The SMILES string of the molecule is CC(c1ccccc1Cl)c1n[nH]c2c1C(O)(C(F)(F)F)CC(=O)N2. The van der Waals surface area contributed by atoms with Gasteiger partial charge in [0.25, 0.3) is 0 Å². The molecule has 2 atom stereocenters. The van der Waals surface area contributed by atoms with Crippen LogP contribution in [0.2, 0.25) is 5.02 Å². The van der Waals surface area contributed by atoms with Crippen LogP contribution in [0, 0.1) is 0 Å². The van der Waals surface area contributed by atoms with E-state index >= 15 is 0 Å². The molecule has 3 rings (SSSR count). The number of aromatic amines is 1. The second-order valence-electron chi connectivity index (χ2n) is 5.69. The minimum atomic E-state index is -5.03. The molecule has 0 spiro atoms. The second kappa shape index (κ2) is 5.49. The van der Waals surface area contributed by atoms with Crippen LogP contribution in [0.4, 0.5) is 19.0 Å². The third kappa shape index (κ3) is 2.46. The van der Waals surface area contributed by atoms with Crippen molar-refractivity contribution >= 4 is 23.3 Å². The van der Waals surface area contributed by atoms with Crippen molar-refractivity contribution < 1.29 is 23.1 Å². The zero-order valence-electron chi connectivity index (χ0n) is 12.4. The molecular formula is C15H13ClF3N3O2. The Kier molecular flexibility index (Phi) is 3.84. The first kappa shape index (κ1) is 16.8. The zero-order chi connectivity index (χ0) is 17.7. The molecule has 2 aromatic rings. The quantitative estimate of drug-likeness (QED) is 0.769. The summed E-state index contributed by atoms with van der Waals surface area (Å²) in [5, 5.41) is 19.2. The van der Waals surface area contributed by atoms with E-state index in [4.69, 9.17) is 11.6 Å². The van der Waals surface area contributed by atoms with Crippen LogP contribution in [0.25, 0.3) is 0 Å². The molecule has 1 aliphatic rings. The summed E-state index contributed by atoms with van der Waals surface area (Å²) < 4.78 is 40.4. The number of aromatic nitrogens is 2. The molecule has 5 nitrogen and oxygen atoms in total. The van der Waals surface area contributed by atoms with Crippen LogP contribution >= 0.6 is 11.6 Å². The van der Waals surface area contributed by atoms with Gasteiger partial charge in [0.05, 0.1) is 17.7 Å². The van der Waals surface area contributed by atoms with E-state index in [1.54, 1.807) is 31.2 Å². The van der Waals surface area contributed by atoms with Gasteiger partial charge in [0, 0.05) is 10.9 Å². The molecule has 1 aromatic carbocycles. The van der Waals surface area contributed by atoms with Crippen molar-refractivity contribution in [2.45, 2.75) is 31.0 Å². The number of halogens is 4. The van der Waals surface area contributed by atoms with Gasteiger partial charge in [-0.3, -0.25) is 9.89 Å². The number of rotatable bonds is 2. The average molecular weight is 360 g/mol. The van der Waals surface area contributed by atoms with Crippen molar-refractivity contribution in [3.63, 3.8) is 0 Å². The molecule has 0 aliphatic carbocycles. The lowest BCUT2D eigenvalue weighted by Crippen LogP contribution is -2.48. The Morgan fingerprint density at radius 1 is 1.38 bits per heavy atom. The lowest BCUT2D eigenvalue weighted by atomic mass is 9.82. The summed E-state index contributed by atoms with van der Waals surface area (Å²) in [6.07, 6.45) is -6.15. The maximum absolute atomic E-state index is 13.5. The number of aliphatic hydroxyl groups is 1. The van der Waals surface area contributed by atoms with Crippen LogP contribution in [-0.4, -0.2) is 27.4 Å².